The van der Waals surface area contributed by atoms with Crippen LogP contribution in [-0.2, 0) is 11.2 Å². The van der Waals surface area contributed by atoms with Crippen molar-refractivity contribution in [2.75, 3.05) is 27.2 Å². The quantitative estimate of drug-likeness (QED) is 0.324. The maximum atomic E-state index is 11.8. The zero-order valence-electron chi connectivity index (χ0n) is 16.0. The van der Waals surface area contributed by atoms with E-state index in [1.54, 1.807) is 30.3 Å². The molecule has 144 valence electrons. The normalized spacial score (nSPS) is 12.5. The number of nitrogens with zero attached hydrogens (tertiary/aromatic N) is 2. The molecular weight excluding hydrogens is 447 g/mol. The summed E-state index contributed by atoms with van der Waals surface area (Å²) < 4.78 is 0. The first-order chi connectivity index (χ1) is 11.4. The average Bonchev–Trinajstić information content (AvgIpc) is 3.03. The second-order valence-corrected chi connectivity index (χ2v) is 7.76. The van der Waals surface area contributed by atoms with Crippen LogP contribution in [0.4, 0.5) is 0 Å². The summed E-state index contributed by atoms with van der Waals surface area (Å²) in [6.45, 7) is 7.59. The van der Waals surface area contributed by atoms with Gasteiger partial charge in [0.25, 0.3) is 0 Å². The first-order valence-corrected chi connectivity index (χ1v) is 9.53. The summed E-state index contributed by atoms with van der Waals surface area (Å²) in [7, 11) is 3.50. The molecule has 0 aliphatic rings. The number of amides is 1. The molecule has 1 aromatic rings. The monoisotopic (exact) mass is 480 g/mol. The molecule has 0 bridgehead atoms. The summed E-state index contributed by atoms with van der Waals surface area (Å²) in [5.41, 5.74) is 0. The Morgan fingerprint density at radius 1 is 1.28 bits per heavy atom. The van der Waals surface area contributed by atoms with Gasteiger partial charge >= 0.3 is 0 Å². The van der Waals surface area contributed by atoms with Crippen molar-refractivity contribution in [2.24, 2.45) is 10.9 Å². The molecule has 5 nitrogen and oxygen atoms in total. The SMILES string of the molecule is CC(C)CCC(C)NC(=NCC(=O)N(C)C)NCCc1cccs1.I. The van der Waals surface area contributed by atoms with Crippen molar-refractivity contribution < 1.29 is 4.79 Å². The van der Waals surface area contributed by atoms with Crippen molar-refractivity contribution in [3.05, 3.63) is 22.4 Å². The molecule has 0 fully saturated rings. The number of carbonyl (C=O) groups excluding carboxylic acids is 1. The van der Waals surface area contributed by atoms with Crippen LogP contribution < -0.4 is 10.6 Å². The van der Waals surface area contributed by atoms with E-state index in [4.69, 9.17) is 0 Å². The Hall–Kier alpha value is -0.830. The molecule has 7 heteroatoms. The number of carbonyl (C=O) groups is 1. The minimum atomic E-state index is 0. The van der Waals surface area contributed by atoms with Crippen LogP contribution in [0, 0.1) is 5.92 Å². The van der Waals surface area contributed by atoms with Crippen LogP contribution in [0.3, 0.4) is 0 Å². The molecular formula is C18H33IN4OS. The lowest BCUT2D eigenvalue weighted by Gasteiger charge is -2.19. The predicted octanol–water partition coefficient (Wildman–Crippen LogP) is 3.36. The first kappa shape index (κ1) is 24.2. The fourth-order valence-corrected chi connectivity index (χ4v) is 2.80. The van der Waals surface area contributed by atoms with Crippen LogP contribution in [0.5, 0.6) is 0 Å². The summed E-state index contributed by atoms with van der Waals surface area (Å²) in [5, 5.41) is 8.85. The molecule has 1 unspecified atom stereocenters. The number of hydrogen-bond donors (Lipinski definition) is 2. The number of halogens is 1. The predicted molar refractivity (Wildman–Crippen MR) is 119 cm³/mol. The molecule has 0 saturated carbocycles. The Morgan fingerprint density at radius 3 is 2.56 bits per heavy atom. The summed E-state index contributed by atoms with van der Waals surface area (Å²) >= 11 is 1.76. The van der Waals surface area contributed by atoms with Crippen LogP contribution >= 0.6 is 35.3 Å². The van der Waals surface area contributed by atoms with Gasteiger partial charge in [0.15, 0.2) is 5.96 Å². The van der Waals surface area contributed by atoms with E-state index >= 15 is 0 Å². The largest absolute Gasteiger partial charge is 0.356 e. The number of likely N-dealkylation sites (N-methyl/N-ethyl adjacent to an activating group) is 1. The lowest BCUT2D eigenvalue weighted by atomic mass is 10.0. The summed E-state index contributed by atoms with van der Waals surface area (Å²) in [4.78, 5) is 19.1. The Kier molecular flexibility index (Phi) is 12.9. The fourth-order valence-electron chi connectivity index (χ4n) is 2.09. The Bertz CT molecular complexity index is 503. The van der Waals surface area contributed by atoms with E-state index < -0.39 is 0 Å². The molecule has 1 amide bonds. The Morgan fingerprint density at radius 2 is 2.00 bits per heavy atom. The van der Waals surface area contributed by atoms with Crippen molar-refractivity contribution in [3.63, 3.8) is 0 Å². The van der Waals surface area contributed by atoms with Crippen molar-refractivity contribution in [2.45, 2.75) is 46.1 Å². The van der Waals surface area contributed by atoms with Gasteiger partial charge in [0.2, 0.25) is 5.91 Å². The molecule has 0 aliphatic heterocycles. The van der Waals surface area contributed by atoms with Crippen LogP contribution in [0.15, 0.2) is 22.5 Å². The Balaban J connectivity index is 0.00000576. The highest BCUT2D eigenvalue weighted by atomic mass is 127. The highest BCUT2D eigenvalue weighted by molar-refractivity contribution is 14.0. The van der Waals surface area contributed by atoms with Gasteiger partial charge in [0.1, 0.15) is 6.54 Å². The lowest BCUT2D eigenvalue weighted by molar-refractivity contribution is -0.127. The second kappa shape index (κ2) is 13.4. The van der Waals surface area contributed by atoms with Gasteiger partial charge in [-0.15, -0.1) is 35.3 Å². The van der Waals surface area contributed by atoms with Gasteiger partial charge in [0, 0.05) is 31.6 Å². The van der Waals surface area contributed by atoms with Gasteiger partial charge in [-0.1, -0.05) is 19.9 Å². The van der Waals surface area contributed by atoms with Gasteiger partial charge in [-0.05, 0) is 43.6 Å². The minimum absolute atomic E-state index is 0. The van der Waals surface area contributed by atoms with Crippen LogP contribution in [-0.4, -0.2) is 50.0 Å². The molecule has 0 aliphatic carbocycles. The maximum absolute atomic E-state index is 11.8. The van der Waals surface area contributed by atoms with E-state index in [1.807, 2.05) is 0 Å². The molecule has 0 saturated heterocycles. The van der Waals surface area contributed by atoms with Crippen LogP contribution in [0.25, 0.3) is 0 Å². The van der Waals surface area contributed by atoms with Gasteiger partial charge in [-0.2, -0.15) is 0 Å². The van der Waals surface area contributed by atoms with E-state index in [2.05, 4.69) is 53.9 Å². The molecule has 1 rings (SSSR count). The Labute approximate surface area is 173 Å². The molecule has 1 aromatic heterocycles. The third-order valence-corrected chi connectivity index (χ3v) is 4.61. The second-order valence-electron chi connectivity index (χ2n) is 6.73. The third-order valence-electron chi connectivity index (χ3n) is 3.68. The smallest absolute Gasteiger partial charge is 0.243 e. The van der Waals surface area contributed by atoms with Crippen LogP contribution in [0.2, 0.25) is 0 Å². The molecule has 0 aromatic carbocycles. The van der Waals surface area contributed by atoms with Gasteiger partial charge in [-0.25, -0.2) is 4.99 Å². The lowest BCUT2D eigenvalue weighted by Crippen LogP contribution is -2.43. The summed E-state index contributed by atoms with van der Waals surface area (Å²) in [6.07, 6.45) is 3.22. The first-order valence-electron chi connectivity index (χ1n) is 8.66. The van der Waals surface area contributed by atoms with E-state index in [1.165, 1.54) is 11.3 Å². The van der Waals surface area contributed by atoms with Gasteiger partial charge in [0.05, 0.1) is 0 Å². The minimum Gasteiger partial charge on any atom is -0.356 e. The number of hydrogen-bond acceptors (Lipinski definition) is 3. The van der Waals surface area contributed by atoms with E-state index in [9.17, 15) is 4.79 Å². The fraction of sp³-hybridized carbons (Fsp3) is 0.667. The average molecular weight is 480 g/mol. The van der Waals surface area contributed by atoms with Gasteiger partial charge < -0.3 is 15.5 Å². The number of nitrogens with one attached hydrogen (secondary N) is 2. The molecule has 2 N–H and O–H groups in total. The van der Waals surface area contributed by atoms with E-state index in [0.29, 0.717) is 12.0 Å². The number of rotatable bonds is 9. The van der Waals surface area contributed by atoms with Crippen molar-refractivity contribution in [1.29, 1.82) is 0 Å². The molecule has 1 atom stereocenters. The highest BCUT2D eigenvalue weighted by Gasteiger charge is 2.09. The number of thiophene rings is 1. The molecule has 0 spiro atoms. The van der Waals surface area contributed by atoms with E-state index in [-0.39, 0.29) is 36.4 Å². The molecule has 1 heterocycles. The zero-order chi connectivity index (χ0) is 17.9. The van der Waals surface area contributed by atoms with Gasteiger partial charge in [-0.3, -0.25) is 4.79 Å². The van der Waals surface area contributed by atoms with Crippen molar-refractivity contribution in [3.8, 4) is 0 Å². The zero-order valence-corrected chi connectivity index (χ0v) is 19.2. The topological polar surface area (TPSA) is 56.7 Å². The maximum Gasteiger partial charge on any atom is 0.243 e. The summed E-state index contributed by atoms with van der Waals surface area (Å²) in [5.74, 6) is 1.42. The van der Waals surface area contributed by atoms with Crippen LogP contribution in [0.1, 0.15) is 38.5 Å². The highest BCUT2D eigenvalue weighted by Crippen LogP contribution is 2.08. The van der Waals surface area contributed by atoms with Crippen molar-refractivity contribution >= 4 is 47.2 Å². The molecule has 0 radical (unpaired) electrons. The van der Waals surface area contributed by atoms with Crippen molar-refractivity contribution in [1.82, 2.24) is 15.5 Å². The molecule has 25 heavy (non-hydrogen) atoms. The number of guanidine groups is 1. The third kappa shape index (κ3) is 11.4. The van der Waals surface area contributed by atoms with E-state index in [0.717, 1.165) is 25.3 Å². The number of aliphatic imine (C=N–C) groups is 1. The summed E-state index contributed by atoms with van der Waals surface area (Å²) in [6, 6.07) is 4.53. The standard InChI is InChI=1S/C18H32N4OS.HI/c1-14(2)8-9-15(3)21-18(20-13-17(23)22(4)5)19-11-10-16-7-6-12-24-16;/h6-7,12,14-15H,8-11,13H2,1-5H3,(H2,19,20,21);1H.